The fraction of sp³-hybridized carbons (Fsp3) is 0.588. The molecule has 1 fully saturated rings. The number of amides is 1. The first kappa shape index (κ1) is 20.2. The topological polar surface area (TPSA) is 69.7 Å². The molecule has 1 aromatic carbocycles. The molecule has 2 atom stereocenters. The van der Waals surface area contributed by atoms with Gasteiger partial charge in [0.15, 0.2) is 0 Å². The van der Waals surface area contributed by atoms with Crippen LogP contribution in [0.3, 0.4) is 0 Å². The van der Waals surface area contributed by atoms with E-state index in [0.29, 0.717) is 30.6 Å². The predicted octanol–water partition coefficient (Wildman–Crippen LogP) is 2.50. The Balaban J connectivity index is 2.02. The summed E-state index contributed by atoms with van der Waals surface area (Å²) in [5.41, 5.74) is 0.700. The number of hydrogen-bond donors (Lipinski definition) is 1. The molecule has 0 radical (unpaired) electrons. The van der Waals surface area contributed by atoms with Crippen LogP contribution in [0.4, 0.5) is 5.69 Å². The molecule has 1 amide bonds. The van der Waals surface area contributed by atoms with Gasteiger partial charge < -0.3 is 5.32 Å². The minimum absolute atomic E-state index is 0.204. The molecule has 0 aromatic heterocycles. The number of piperidine rings is 1. The fourth-order valence-electron chi connectivity index (χ4n) is 3.21. The Morgan fingerprint density at radius 2 is 1.88 bits per heavy atom. The molecule has 0 bridgehead atoms. The lowest BCUT2D eigenvalue weighted by molar-refractivity contribution is -0.116. The molecule has 6 nitrogen and oxygen atoms in total. The number of anilines is 1. The second-order valence-corrected chi connectivity index (χ2v) is 9.66. The third kappa shape index (κ3) is 5.20. The van der Waals surface area contributed by atoms with Crippen molar-refractivity contribution in [1.29, 1.82) is 0 Å². The van der Waals surface area contributed by atoms with Crippen LogP contribution in [0.1, 0.15) is 20.3 Å². The van der Waals surface area contributed by atoms with Crippen LogP contribution in [0.2, 0.25) is 0 Å². The maximum atomic E-state index is 12.8. The van der Waals surface area contributed by atoms with Gasteiger partial charge in [0.1, 0.15) is 0 Å². The Morgan fingerprint density at radius 3 is 2.48 bits per heavy atom. The molecule has 1 aliphatic heterocycles. The van der Waals surface area contributed by atoms with Gasteiger partial charge in [0.2, 0.25) is 5.91 Å². The summed E-state index contributed by atoms with van der Waals surface area (Å²) in [5.74, 6) is 0.314. The van der Waals surface area contributed by atoms with Crippen molar-refractivity contribution < 1.29 is 13.2 Å². The zero-order valence-electron chi connectivity index (χ0n) is 15.2. The summed E-state index contributed by atoms with van der Waals surface area (Å²) in [6, 6.07) is 7.46. The van der Waals surface area contributed by atoms with E-state index in [1.54, 1.807) is 0 Å². The first-order valence-corrected chi connectivity index (χ1v) is 11.0. The molecule has 1 saturated heterocycles. The van der Waals surface area contributed by atoms with E-state index >= 15 is 0 Å². The predicted molar refractivity (Wildman–Crippen MR) is 103 cm³/mol. The molecule has 1 aliphatic rings. The van der Waals surface area contributed by atoms with E-state index in [9.17, 15) is 13.2 Å². The van der Waals surface area contributed by atoms with Gasteiger partial charge in [-0.2, -0.15) is 17.0 Å². The van der Waals surface area contributed by atoms with Crippen LogP contribution in [0.5, 0.6) is 0 Å². The highest BCUT2D eigenvalue weighted by Crippen LogP contribution is 2.26. The van der Waals surface area contributed by atoms with Crippen molar-refractivity contribution >= 4 is 33.6 Å². The summed E-state index contributed by atoms with van der Waals surface area (Å²) < 4.78 is 28.1. The van der Waals surface area contributed by atoms with Gasteiger partial charge in [-0.1, -0.05) is 26.0 Å². The lowest BCUT2D eigenvalue weighted by atomic mass is 9.94. The number of carbonyl (C=O) groups is 1. The van der Waals surface area contributed by atoms with E-state index < -0.39 is 10.2 Å². The van der Waals surface area contributed by atoms with E-state index in [1.165, 1.54) is 23.1 Å². The molecule has 0 aliphatic carbocycles. The second-order valence-electron chi connectivity index (χ2n) is 6.78. The number of para-hydroxylation sites is 1. The van der Waals surface area contributed by atoms with Crippen molar-refractivity contribution in [3.05, 3.63) is 24.3 Å². The third-order valence-corrected chi connectivity index (χ3v) is 6.97. The molecule has 1 N–H and O–H groups in total. The summed E-state index contributed by atoms with van der Waals surface area (Å²) in [6.07, 6.45) is 2.96. The standard InChI is InChI=1S/C17H27N3O3S2/c1-13-9-14(2)11-20(10-13)25(22,23)19(3)12-17(21)18-15-7-5-6-8-16(15)24-4/h5-8,13-14H,9-12H2,1-4H3,(H,18,21). The minimum Gasteiger partial charge on any atom is -0.324 e. The molecular formula is C17H27N3O3S2. The molecule has 0 spiro atoms. The van der Waals surface area contributed by atoms with Crippen LogP contribution < -0.4 is 5.32 Å². The molecular weight excluding hydrogens is 358 g/mol. The van der Waals surface area contributed by atoms with Crippen LogP contribution in [-0.2, 0) is 15.0 Å². The molecule has 8 heteroatoms. The molecule has 25 heavy (non-hydrogen) atoms. The van der Waals surface area contributed by atoms with Gasteiger partial charge in [-0.15, -0.1) is 11.8 Å². The van der Waals surface area contributed by atoms with Gasteiger partial charge in [0.25, 0.3) is 10.2 Å². The number of thioether (sulfide) groups is 1. The Kier molecular flexibility index (Phi) is 6.90. The monoisotopic (exact) mass is 385 g/mol. The molecule has 2 rings (SSSR count). The summed E-state index contributed by atoms with van der Waals surface area (Å²) >= 11 is 1.53. The number of carbonyl (C=O) groups excluding carboxylic acids is 1. The largest absolute Gasteiger partial charge is 0.324 e. The van der Waals surface area contributed by atoms with Crippen LogP contribution in [-0.4, -0.2) is 55.9 Å². The molecule has 2 unspecified atom stereocenters. The van der Waals surface area contributed by atoms with Gasteiger partial charge >= 0.3 is 0 Å². The zero-order valence-corrected chi connectivity index (χ0v) is 16.9. The van der Waals surface area contributed by atoms with E-state index in [0.717, 1.165) is 15.6 Å². The summed E-state index contributed by atoms with van der Waals surface area (Å²) in [4.78, 5) is 13.2. The highest BCUT2D eigenvalue weighted by Gasteiger charge is 2.33. The first-order chi connectivity index (χ1) is 11.7. The normalized spacial score (nSPS) is 22.1. The van der Waals surface area contributed by atoms with E-state index in [2.05, 4.69) is 19.2 Å². The van der Waals surface area contributed by atoms with Crippen LogP contribution >= 0.6 is 11.8 Å². The number of benzene rings is 1. The van der Waals surface area contributed by atoms with Crippen LogP contribution in [0, 0.1) is 11.8 Å². The molecule has 0 saturated carbocycles. The Hall–Kier alpha value is -1.09. The maximum absolute atomic E-state index is 12.8. The number of rotatable bonds is 6. The van der Waals surface area contributed by atoms with Gasteiger partial charge in [0.05, 0.1) is 12.2 Å². The van der Waals surface area contributed by atoms with Gasteiger partial charge in [-0.25, -0.2) is 0 Å². The van der Waals surface area contributed by atoms with E-state index in [-0.39, 0.29) is 12.5 Å². The van der Waals surface area contributed by atoms with Crippen molar-refractivity contribution in [2.45, 2.75) is 25.2 Å². The van der Waals surface area contributed by atoms with Gasteiger partial charge in [-0.05, 0) is 36.6 Å². The highest BCUT2D eigenvalue weighted by molar-refractivity contribution is 7.98. The minimum atomic E-state index is -3.63. The van der Waals surface area contributed by atoms with Crippen molar-refractivity contribution in [3.63, 3.8) is 0 Å². The lowest BCUT2D eigenvalue weighted by Crippen LogP contribution is -2.49. The number of hydrogen-bond acceptors (Lipinski definition) is 4. The number of nitrogens with zero attached hydrogens (tertiary/aromatic N) is 2. The molecule has 140 valence electrons. The van der Waals surface area contributed by atoms with Crippen molar-refractivity contribution in [1.82, 2.24) is 8.61 Å². The maximum Gasteiger partial charge on any atom is 0.282 e. The SMILES string of the molecule is CSc1ccccc1NC(=O)CN(C)S(=O)(=O)N1CC(C)CC(C)C1. The average Bonchev–Trinajstić information content (AvgIpc) is 2.54. The Morgan fingerprint density at radius 1 is 1.28 bits per heavy atom. The van der Waals surface area contributed by atoms with Crippen molar-refractivity contribution in [2.24, 2.45) is 11.8 Å². The lowest BCUT2D eigenvalue weighted by Gasteiger charge is -2.36. The third-order valence-electron chi connectivity index (χ3n) is 4.30. The van der Waals surface area contributed by atoms with Crippen LogP contribution in [0.15, 0.2) is 29.2 Å². The smallest absolute Gasteiger partial charge is 0.282 e. The quantitative estimate of drug-likeness (QED) is 0.764. The fourth-order valence-corrected chi connectivity index (χ4v) is 5.33. The van der Waals surface area contributed by atoms with Crippen LogP contribution in [0.25, 0.3) is 0 Å². The Bertz CT molecular complexity index is 699. The molecule has 1 heterocycles. The summed E-state index contributed by atoms with van der Waals surface area (Å²) in [6.45, 7) is 4.93. The van der Waals surface area contributed by atoms with E-state index in [4.69, 9.17) is 0 Å². The number of nitrogens with one attached hydrogen (secondary N) is 1. The van der Waals surface area contributed by atoms with Gasteiger partial charge in [0, 0.05) is 25.0 Å². The molecule has 1 aromatic rings. The van der Waals surface area contributed by atoms with Gasteiger partial charge in [-0.3, -0.25) is 4.79 Å². The van der Waals surface area contributed by atoms with E-state index in [1.807, 2.05) is 30.5 Å². The number of likely N-dealkylation sites (N-methyl/N-ethyl adjacent to an activating group) is 1. The first-order valence-electron chi connectivity index (χ1n) is 8.38. The summed E-state index contributed by atoms with van der Waals surface area (Å²) in [5, 5.41) is 2.80. The van der Waals surface area contributed by atoms with Crippen molar-refractivity contribution in [3.8, 4) is 0 Å². The highest BCUT2D eigenvalue weighted by atomic mass is 32.2. The Labute approximate surface area is 155 Å². The average molecular weight is 386 g/mol. The van der Waals surface area contributed by atoms with Crippen molar-refractivity contribution in [2.75, 3.05) is 38.3 Å². The summed E-state index contributed by atoms with van der Waals surface area (Å²) in [7, 11) is -2.17. The second kappa shape index (κ2) is 8.53. The zero-order chi connectivity index (χ0) is 18.6.